The molecule has 25 heavy (non-hydrogen) atoms. The first-order valence-electron chi connectivity index (χ1n) is 8.22. The highest BCUT2D eigenvalue weighted by molar-refractivity contribution is 5.78. The predicted octanol–water partition coefficient (Wildman–Crippen LogP) is 3.54. The molecule has 2 rings (SSSR count). The normalized spacial score (nSPS) is 11.7. The Kier molecular flexibility index (Phi) is 6.57. The summed E-state index contributed by atoms with van der Waals surface area (Å²) in [6.45, 7) is 5.78. The Hall–Kier alpha value is -2.82. The summed E-state index contributed by atoms with van der Waals surface area (Å²) in [6.07, 6.45) is 0.885. The second-order valence-corrected chi connectivity index (χ2v) is 6.00. The molecule has 1 atom stereocenters. The van der Waals surface area contributed by atoms with Gasteiger partial charge in [-0.25, -0.2) is 0 Å². The molecule has 0 aromatic heterocycles. The fourth-order valence-corrected chi connectivity index (χ4v) is 2.27. The molecule has 1 N–H and O–H groups in total. The van der Waals surface area contributed by atoms with Gasteiger partial charge in [0.05, 0.1) is 12.1 Å². The van der Waals surface area contributed by atoms with Crippen LogP contribution in [0.25, 0.3) is 0 Å². The first kappa shape index (κ1) is 18.5. The third-order valence-electron chi connectivity index (χ3n) is 3.52. The van der Waals surface area contributed by atoms with Crippen molar-refractivity contribution in [1.29, 1.82) is 0 Å². The molecule has 5 nitrogen and oxygen atoms in total. The number of ether oxygens (including phenoxy) is 2. The molecule has 0 saturated carbocycles. The number of carbonyl (C=O) groups is 2. The molecule has 0 saturated heterocycles. The van der Waals surface area contributed by atoms with E-state index in [0.717, 1.165) is 17.6 Å². The van der Waals surface area contributed by atoms with Crippen molar-refractivity contribution in [2.75, 3.05) is 6.61 Å². The van der Waals surface area contributed by atoms with E-state index in [1.165, 1.54) is 0 Å². The molecule has 132 valence electrons. The van der Waals surface area contributed by atoms with Crippen molar-refractivity contribution in [2.24, 2.45) is 0 Å². The van der Waals surface area contributed by atoms with Crippen molar-refractivity contribution in [2.45, 2.75) is 32.9 Å². The molecular formula is C20H23NO4. The number of hydrogen-bond donors (Lipinski definition) is 1. The van der Waals surface area contributed by atoms with Crippen molar-refractivity contribution in [3.05, 3.63) is 59.7 Å². The van der Waals surface area contributed by atoms with E-state index < -0.39 is 0 Å². The van der Waals surface area contributed by atoms with Gasteiger partial charge in [0.25, 0.3) is 5.91 Å². The summed E-state index contributed by atoms with van der Waals surface area (Å²) >= 11 is 0. The predicted molar refractivity (Wildman–Crippen MR) is 96.1 cm³/mol. The lowest BCUT2D eigenvalue weighted by Gasteiger charge is -2.16. The molecule has 2 aromatic rings. The minimum Gasteiger partial charge on any atom is -0.491 e. The summed E-state index contributed by atoms with van der Waals surface area (Å²) in [5.41, 5.74) is 1.55. The third kappa shape index (κ3) is 5.95. The number of benzene rings is 2. The summed E-state index contributed by atoms with van der Waals surface area (Å²) < 4.78 is 11.0. The summed E-state index contributed by atoms with van der Waals surface area (Å²) in [4.78, 5) is 22.6. The standard InChI is InChI=1S/C20H23NO4/c1-14(2)25-19-10-6-17(7-11-19)15(3)21-20(23)13-24-18-8-4-16(12-22)5-9-18/h4-12,14-15H,13H2,1-3H3,(H,21,23). The maximum Gasteiger partial charge on any atom is 0.258 e. The van der Waals surface area contributed by atoms with Gasteiger partial charge >= 0.3 is 0 Å². The van der Waals surface area contributed by atoms with Crippen molar-refractivity contribution in [1.82, 2.24) is 5.32 Å². The van der Waals surface area contributed by atoms with E-state index >= 15 is 0 Å². The SMILES string of the molecule is CC(C)Oc1ccc(C(C)NC(=O)COc2ccc(C=O)cc2)cc1. The third-order valence-corrected chi connectivity index (χ3v) is 3.52. The van der Waals surface area contributed by atoms with Crippen LogP contribution in [0.2, 0.25) is 0 Å². The van der Waals surface area contributed by atoms with Gasteiger partial charge in [-0.05, 0) is 62.7 Å². The maximum absolute atomic E-state index is 12.0. The largest absolute Gasteiger partial charge is 0.491 e. The van der Waals surface area contributed by atoms with Gasteiger partial charge in [0.15, 0.2) is 6.61 Å². The molecular weight excluding hydrogens is 318 g/mol. The molecule has 0 fully saturated rings. The molecule has 0 aliphatic heterocycles. The minimum absolute atomic E-state index is 0.0840. The summed E-state index contributed by atoms with van der Waals surface area (Å²) in [5.74, 6) is 1.14. The lowest BCUT2D eigenvalue weighted by molar-refractivity contribution is -0.123. The number of amides is 1. The minimum atomic E-state index is -0.213. The Morgan fingerprint density at radius 1 is 1.00 bits per heavy atom. The second-order valence-electron chi connectivity index (χ2n) is 6.00. The molecule has 0 heterocycles. The quantitative estimate of drug-likeness (QED) is 0.746. The van der Waals surface area contributed by atoms with Crippen molar-refractivity contribution in [3.63, 3.8) is 0 Å². The van der Waals surface area contributed by atoms with Gasteiger partial charge < -0.3 is 14.8 Å². The average Bonchev–Trinajstić information content (AvgIpc) is 2.60. The van der Waals surface area contributed by atoms with Crippen LogP contribution in [0, 0.1) is 0 Å². The first-order chi connectivity index (χ1) is 12.0. The number of hydrogen-bond acceptors (Lipinski definition) is 4. The van der Waals surface area contributed by atoms with E-state index in [1.54, 1.807) is 24.3 Å². The van der Waals surface area contributed by atoms with Gasteiger partial charge in [-0.1, -0.05) is 12.1 Å². The van der Waals surface area contributed by atoms with E-state index in [-0.39, 0.29) is 24.7 Å². The van der Waals surface area contributed by atoms with Gasteiger partial charge in [-0.3, -0.25) is 9.59 Å². The van der Waals surface area contributed by atoms with Crippen LogP contribution in [0.4, 0.5) is 0 Å². The highest BCUT2D eigenvalue weighted by Gasteiger charge is 2.10. The van der Waals surface area contributed by atoms with Gasteiger partial charge in [-0.15, -0.1) is 0 Å². The van der Waals surface area contributed by atoms with Crippen LogP contribution in [-0.2, 0) is 4.79 Å². The van der Waals surface area contributed by atoms with Crippen LogP contribution in [-0.4, -0.2) is 24.9 Å². The Labute approximate surface area is 148 Å². The van der Waals surface area contributed by atoms with Gasteiger partial charge in [-0.2, -0.15) is 0 Å². The summed E-state index contributed by atoms with van der Waals surface area (Å²) in [6, 6.07) is 14.1. The zero-order valence-electron chi connectivity index (χ0n) is 14.7. The average molecular weight is 341 g/mol. The van der Waals surface area contributed by atoms with Crippen molar-refractivity contribution in [3.8, 4) is 11.5 Å². The number of aldehydes is 1. The molecule has 0 spiro atoms. The Balaban J connectivity index is 1.83. The Bertz CT molecular complexity index is 693. The summed E-state index contributed by atoms with van der Waals surface area (Å²) in [5, 5.41) is 2.89. The van der Waals surface area contributed by atoms with Gasteiger partial charge in [0.1, 0.15) is 17.8 Å². The van der Waals surface area contributed by atoms with Crippen LogP contribution < -0.4 is 14.8 Å². The number of nitrogens with one attached hydrogen (secondary N) is 1. The van der Waals surface area contributed by atoms with E-state index in [9.17, 15) is 9.59 Å². The fourth-order valence-electron chi connectivity index (χ4n) is 2.27. The zero-order chi connectivity index (χ0) is 18.2. The zero-order valence-corrected chi connectivity index (χ0v) is 14.7. The smallest absolute Gasteiger partial charge is 0.258 e. The van der Waals surface area contributed by atoms with E-state index in [1.807, 2.05) is 45.0 Å². The van der Waals surface area contributed by atoms with Gasteiger partial charge in [0, 0.05) is 5.56 Å². The molecule has 5 heteroatoms. The molecule has 0 radical (unpaired) electrons. The van der Waals surface area contributed by atoms with Crippen molar-refractivity contribution >= 4 is 12.2 Å². The molecule has 2 aromatic carbocycles. The second kappa shape index (κ2) is 8.87. The van der Waals surface area contributed by atoms with E-state index in [2.05, 4.69) is 5.32 Å². The maximum atomic E-state index is 12.0. The molecule has 1 unspecified atom stereocenters. The summed E-state index contributed by atoms with van der Waals surface area (Å²) in [7, 11) is 0. The number of carbonyl (C=O) groups excluding carboxylic acids is 2. The van der Waals surface area contributed by atoms with Crippen molar-refractivity contribution < 1.29 is 19.1 Å². The molecule has 0 bridgehead atoms. The van der Waals surface area contributed by atoms with Gasteiger partial charge in [0.2, 0.25) is 0 Å². The molecule has 0 aliphatic carbocycles. The molecule has 0 aliphatic rings. The lowest BCUT2D eigenvalue weighted by Crippen LogP contribution is -2.31. The monoisotopic (exact) mass is 341 g/mol. The van der Waals surface area contributed by atoms with E-state index in [4.69, 9.17) is 9.47 Å². The fraction of sp³-hybridized carbons (Fsp3) is 0.300. The number of rotatable bonds is 8. The van der Waals surface area contributed by atoms with Crippen LogP contribution in [0.3, 0.4) is 0 Å². The van der Waals surface area contributed by atoms with Crippen LogP contribution in [0.5, 0.6) is 11.5 Å². The van der Waals surface area contributed by atoms with E-state index in [0.29, 0.717) is 11.3 Å². The Morgan fingerprint density at radius 3 is 2.16 bits per heavy atom. The Morgan fingerprint density at radius 2 is 1.60 bits per heavy atom. The van der Waals surface area contributed by atoms with Crippen LogP contribution >= 0.6 is 0 Å². The highest BCUT2D eigenvalue weighted by Crippen LogP contribution is 2.18. The molecule has 1 amide bonds. The highest BCUT2D eigenvalue weighted by atomic mass is 16.5. The first-order valence-corrected chi connectivity index (χ1v) is 8.22. The van der Waals surface area contributed by atoms with Crippen LogP contribution in [0.15, 0.2) is 48.5 Å². The van der Waals surface area contributed by atoms with Crippen LogP contribution in [0.1, 0.15) is 42.7 Å². The lowest BCUT2D eigenvalue weighted by atomic mass is 10.1. The topological polar surface area (TPSA) is 64.6 Å².